The van der Waals surface area contributed by atoms with Gasteiger partial charge in [0.1, 0.15) is 0 Å². The molecule has 0 saturated heterocycles. The molecular formula is C10H11ClN2O4. The van der Waals surface area contributed by atoms with Crippen LogP contribution in [0.5, 0.6) is 0 Å². The van der Waals surface area contributed by atoms with Crippen LogP contribution in [0.15, 0.2) is 18.3 Å². The predicted octanol–water partition coefficient (Wildman–Crippen LogP) is 1.66. The normalized spacial score (nSPS) is 11.9. The standard InChI is InChI=1S/C10H11ClN2O4/c1-17-10(14)4-7(6-13(15)16)9-3-2-8(11)5-12-9/h2-3,5,7H,4,6H2,1H3. The topological polar surface area (TPSA) is 82.3 Å². The van der Waals surface area contributed by atoms with Gasteiger partial charge in [-0.25, -0.2) is 0 Å². The van der Waals surface area contributed by atoms with Gasteiger partial charge in [0, 0.05) is 11.1 Å². The van der Waals surface area contributed by atoms with E-state index in [0.717, 1.165) is 0 Å². The van der Waals surface area contributed by atoms with Gasteiger partial charge < -0.3 is 4.74 Å². The third kappa shape index (κ3) is 4.36. The molecule has 0 aromatic carbocycles. The minimum absolute atomic E-state index is 0.0773. The van der Waals surface area contributed by atoms with Crippen LogP contribution in [0.2, 0.25) is 5.02 Å². The van der Waals surface area contributed by atoms with E-state index in [9.17, 15) is 14.9 Å². The lowest BCUT2D eigenvalue weighted by Gasteiger charge is -2.10. The number of nitrogens with zero attached hydrogens (tertiary/aromatic N) is 2. The molecule has 0 radical (unpaired) electrons. The lowest BCUT2D eigenvalue weighted by molar-refractivity contribution is -0.483. The molecule has 17 heavy (non-hydrogen) atoms. The van der Waals surface area contributed by atoms with Crippen LogP contribution in [0.1, 0.15) is 18.0 Å². The van der Waals surface area contributed by atoms with Gasteiger partial charge in [-0.1, -0.05) is 11.6 Å². The summed E-state index contributed by atoms with van der Waals surface area (Å²) in [6, 6.07) is 3.15. The molecule has 0 amide bonds. The van der Waals surface area contributed by atoms with Crippen LogP contribution in [-0.2, 0) is 9.53 Å². The van der Waals surface area contributed by atoms with Gasteiger partial charge in [0.15, 0.2) is 0 Å². The number of hydrogen-bond acceptors (Lipinski definition) is 5. The van der Waals surface area contributed by atoms with Crippen LogP contribution in [0, 0.1) is 10.1 Å². The molecule has 0 aliphatic rings. The van der Waals surface area contributed by atoms with E-state index in [1.165, 1.54) is 13.3 Å². The number of carbonyl (C=O) groups is 1. The summed E-state index contributed by atoms with van der Waals surface area (Å²) >= 11 is 5.67. The van der Waals surface area contributed by atoms with E-state index in [1.807, 2.05) is 0 Å². The fourth-order valence-electron chi connectivity index (χ4n) is 1.36. The molecule has 1 rings (SSSR count). The summed E-state index contributed by atoms with van der Waals surface area (Å²) in [5.41, 5.74) is 0.455. The zero-order valence-electron chi connectivity index (χ0n) is 9.13. The van der Waals surface area contributed by atoms with Gasteiger partial charge in [0.2, 0.25) is 6.54 Å². The molecule has 1 unspecified atom stereocenters. The lowest BCUT2D eigenvalue weighted by Crippen LogP contribution is -2.18. The van der Waals surface area contributed by atoms with E-state index >= 15 is 0 Å². The Morgan fingerprint density at radius 3 is 2.82 bits per heavy atom. The Balaban J connectivity index is 2.85. The molecule has 1 aromatic rings. The monoisotopic (exact) mass is 258 g/mol. The third-order valence-electron chi connectivity index (χ3n) is 2.18. The minimum Gasteiger partial charge on any atom is -0.469 e. The minimum atomic E-state index is -0.602. The zero-order chi connectivity index (χ0) is 12.8. The first-order chi connectivity index (χ1) is 8.02. The van der Waals surface area contributed by atoms with Crippen molar-refractivity contribution in [2.75, 3.05) is 13.7 Å². The van der Waals surface area contributed by atoms with Crippen molar-refractivity contribution in [2.24, 2.45) is 0 Å². The molecule has 1 heterocycles. The molecule has 6 nitrogen and oxygen atoms in total. The molecule has 0 spiro atoms. The SMILES string of the molecule is COC(=O)CC(C[N+](=O)[O-])c1ccc(Cl)cn1. The Bertz CT molecular complexity index is 407. The van der Waals surface area contributed by atoms with Crippen molar-refractivity contribution in [1.29, 1.82) is 0 Å². The van der Waals surface area contributed by atoms with E-state index in [0.29, 0.717) is 10.7 Å². The van der Waals surface area contributed by atoms with Gasteiger partial charge in [0.05, 0.1) is 30.2 Å². The summed E-state index contributed by atoms with van der Waals surface area (Å²) in [4.78, 5) is 25.2. The highest BCUT2D eigenvalue weighted by molar-refractivity contribution is 6.30. The number of pyridine rings is 1. The van der Waals surface area contributed by atoms with Crippen LogP contribution in [0.3, 0.4) is 0 Å². The number of hydrogen-bond donors (Lipinski definition) is 0. The molecule has 0 aliphatic carbocycles. The molecule has 92 valence electrons. The van der Waals surface area contributed by atoms with Crippen LogP contribution < -0.4 is 0 Å². The van der Waals surface area contributed by atoms with Gasteiger partial charge >= 0.3 is 5.97 Å². The highest BCUT2D eigenvalue weighted by Crippen LogP contribution is 2.20. The molecular weight excluding hydrogens is 248 g/mol. The number of ether oxygens (including phenoxy) is 1. The average molecular weight is 259 g/mol. The summed E-state index contributed by atoms with van der Waals surface area (Å²) in [7, 11) is 1.24. The number of rotatable bonds is 5. The van der Waals surface area contributed by atoms with E-state index < -0.39 is 16.8 Å². The van der Waals surface area contributed by atoms with Crippen molar-refractivity contribution >= 4 is 17.6 Å². The molecule has 0 aliphatic heterocycles. The summed E-state index contributed by atoms with van der Waals surface area (Å²) in [5, 5.41) is 11.0. The van der Waals surface area contributed by atoms with Crippen molar-refractivity contribution in [2.45, 2.75) is 12.3 Å². The maximum Gasteiger partial charge on any atom is 0.306 e. The fourth-order valence-corrected chi connectivity index (χ4v) is 1.47. The Morgan fingerprint density at radius 2 is 2.35 bits per heavy atom. The number of nitro groups is 1. The largest absolute Gasteiger partial charge is 0.469 e. The second kappa shape index (κ2) is 6.15. The van der Waals surface area contributed by atoms with Crippen molar-refractivity contribution in [3.63, 3.8) is 0 Å². The summed E-state index contributed by atoms with van der Waals surface area (Å²) < 4.78 is 4.49. The molecule has 0 fully saturated rings. The van der Waals surface area contributed by atoms with E-state index in [-0.39, 0.29) is 13.0 Å². The Morgan fingerprint density at radius 1 is 1.65 bits per heavy atom. The molecule has 0 N–H and O–H groups in total. The van der Waals surface area contributed by atoms with Gasteiger partial charge in [0.25, 0.3) is 0 Å². The summed E-state index contributed by atoms with van der Waals surface area (Å²) in [5.74, 6) is -1.11. The van der Waals surface area contributed by atoms with Crippen LogP contribution in [0.4, 0.5) is 0 Å². The van der Waals surface area contributed by atoms with Crippen molar-refractivity contribution in [3.8, 4) is 0 Å². The molecule has 0 saturated carbocycles. The third-order valence-corrected chi connectivity index (χ3v) is 2.40. The van der Waals surface area contributed by atoms with Crippen molar-refractivity contribution < 1.29 is 14.5 Å². The van der Waals surface area contributed by atoms with E-state index in [2.05, 4.69) is 9.72 Å². The number of aromatic nitrogens is 1. The Labute approximate surface area is 103 Å². The van der Waals surface area contributed by atoms with Gasteiger partial charge in [-0.05, 0) is 12.1 Å². The quantitative estimate of drug-likeness (QED) is 0.456. The predicted molar refractivity (Wildman–Crippen MR) is 60.5 cm³/mol. The van der Waals surface area contributed by atoms with Crippen molar-refractivity contribution in [1.82, 2.24) is 4.98 Å². The molecule has 1 aromatic heterocycles. The van der Waals surface area contributed by atoms with Gasteiger partial charge in [-0.2, -0.15) is 0 Å². The van der Waals surface area contributed by atoms with Crippen LogP contribution in [0.25, 0.3) is 0 Å². The Kier molecular flexibility index (Phi) is 4.84. The highest BCUT2D eigenvalue weighted by atomic mass is 35.5. The Hall–Kier alpha value is -1.69. The lowest BCUT2D eigenvalue weighted by atomic mass is 10.0. The maximum absolute atomic E-state index is 11.1. The molecule has 0 bridgehead atoms. The summed E-state index contributed by atoms with van der Waals surface area (Å²) in [6.45, 7) is -0.371. The van der Waals surface area contributed by atoms with Crippen LogP contribution >= 0.6 is 11.6 Å². The number of methoxy groups -OCH3 is 1. The number of carbonyl (C=O) groups excluding carboxylic acids is 1. The number of halogens is 1. The first-order valence-electron chi connectivity index (χ1n) is 4.83. The molecule has 7 heteroatoms. The second-order valence-electron chi connectivity index (χ2n) is 3.39. The first kappa shape index (κ1) is 13.4. The first-order valence-corrected chi connectivity index (χ1v) is 5.20. The second-order valence-corrected chi connectivity index (χ2v) is 3.83. The fraction of sp³-hybridized carbons (Fsp3) is 0.400. The average Bonchev–Trinajstić information content (AvgIpc) is 2.28. The van der Waals surface area contributed by atoms with Crippen LogP contribution in [-0.4, -0.2) is 29.5 Å². The molecule has 1 atom stereocenters. The van der Waals surface area contributed by atoms with E-state index in [1.54, 1.807) is 12.1 Å². The van der Waals surface area contributed by atoms with Gasteiger partial charge in [-0.3, -0.25) is 19.9 Å². The highest BCUT2D eigenvalue weighted by Gasteiger charge is 2.23. The number of esters is 1. The smallest absolute Gasteiger partial charge is 0.306 e. The van der Waals surface area contributed by atoms with Gasteiger partial charge in [-0.15, -0.1) is 0 Å². The summed E-state index contributed by atoms with van der Waals surface area (Å²) in [6.07, 6.45) is 1.31. The maximum atomic E-state index is 11.1. The van der Waals surface area contributed by atoms with Crippen molar-refractivity contribution in [3.05, 3.63) is 39.2 Å². The zero-order valence-corrected chi connectivity index (χ0v) is 9.88. The van der Waals surface area contributed by atoms with E-state index in [4.69, 9.17) is 11.6 Å².